The normalized spacial score (nSPS) is 36.0. The molecule has 1 saturated heterocycles. The van der Waals surface area contributed by atoms with Crippen LogP contribution in [0.15, 0.2) is 0 Å². The maximum atomic E-state index is 10.9. The molecule has 4 heteroatoms. The lowest BCUT2D eigenvalue weighted by Crippen LogP contribution is -2.45. The Kier molecular flexibility index (Phi) is 2.94. The second-order valence-corrected chi connectivity index (χ2v) is 2.93. The Balaban J connectivity index is 2.60. The summed E-state index contributed by atoms with van der Waals surface area (Å²) in [6, 6.07) is 0. The number of aldehydes is 1. The van der Waals surface area contributed by atoms with Gasteiger partial charge in [0.15, 0.2) is 6.29 Å². The highest BCUT2D eigenvalue weighted by molar-refractivity contribution is 6.27. The van der Waals surface area contributed by atoms with Crippen LogP contribution < -0.4 is 0 Å². The zero-order chi connectivity index (χ0) is 9.14. The molecular formula is C8H12O4. The van der Waals surface area contributed by atoms with Gasteiger partial charge in [0.05, 0.1) is 18.8 Å². The van der Waals surface area contributed by atoms with Gasteiger partial charge in [0, 0.05) is 0 Å². The van der Waals surface area contributed by atoms with Crippen molar-refractivity contribution in [2.75, 3.05) is 6.61 Å². The van der Waals surface area contributed by atoms with Gasteiger partial charge in [-0.15, -0.1) is 0 Å². The number of ketones is 1. The molecule has 3 unspecified atom stereocenters. The van der Waals surface area contributed by atoms with Gasteiger partial charge >= 0.3 is 0 Å². The van der Waals surface area contributed by atoms with Crippen LogP contribution in [0.2, 0.25) is 0 Å². The van der Waals surface area contributed by atoms with Crippen molar-refractivity contribution in [3.8, 4) is 0 Å². The van der Waals surface area contributed by atoms with Crippen LogP contribution in [0.1, 0.15) is 13.8 Å². The Labute approximate surface area is 70.8 Å². The number of hydrogen-bond acceptors (Lipinski definition) is 4. The third-order valence-corrected chi connectivity index (χ3v) is 1.80. The van der Waals surface area contributed by atoms with Crippen molar-refractivity contribution in [2.24, 2.45) is 0 Å². The maximum Gasteiger partial charge on any atom is 0.226 e. The zero-order valence-corrected chi connectivity index (χ0v) is 7.15. The third kappa shape index (κ3) is 1.89. The van der Waals surface area contributed by atoms with Crippen LogP contribution in [-0.4, -0.2) is 37.0 Å². The monoisotopic (exact) mass is 172 g/mol. The number of Topliss-reactive ketones (excluding diaryl/α,β-unsaturated/α-hetero) is 1. The van der Waals surface area contributed by atoms with Crippen molar-refractivity contribution in [3.63, 3.8) is 0 Å². The average molecular weight is 172 g/mol. The fourth-order valence-corrected chi connectivity index (χ4v) is 1.14. The number of rotatable bonds is 2. The molecule has 3 atom stereocenters. The molecule has 1 aliphatic rings. The summed E-state index contributed by atoms with van der Waals surface area (Å²) >= 11 is 0. The molecule has 1 fully saturated rings. The van der Waals surface area contributed by atoms with Gasteiger partial charge < -0.3 is 9.47 Å². The van der Waals surface area contributed by atoms with E-state index in [0.717, 1.165) is 0 Å². The van der Waals surface area contributed by atoms with Gasteiger partial charge in [-0.1, -0.05) is 0 Å². The molecule has 68 valence electrons. The van der Waals surface area contributed by atoms with E-state index in [9.17, 15) is 9.59 Å². The summed E-state index contributed by atoms with van der Waals surface area (Å²) < 4.78 is 10.5. The molecule has 1 heterocycles. The minimum atomic E-state index is -0.716. The lowest BCUT2D eigenvalue weighted by atomic mass is 10.1. The molecule has 0 bridgehead atoms. The Morgan fingerprint density at radius 1 is 1.50 bits per heavy atom. The SMILES string of the molecule is CC1COC(C)C(C(=O)C=O)O1. The van der Waals surface area contributed by atoms with Crippen LogP contribution in [-0.2, 0) is 19.1 Å². The summed E-state index contributed by atoms with van der Waals surface area (Å²) in [4.78, 5) is 21.1. The Bertz CT molecular complexity index is 189. The highest BCUT2D eigenvalue weighted by Crippen LogP contribution is 2.14. The fourth-order valence-electron chi connectivity index (χ4n) is 1.14. The molecule has 0 saturated carbocycles. The van der Waals surface area contributed by atoms with Gasteiger partial charge in [-0.25, -0.2) is 0 Å². The average Bonchev–Trinajstić information content (AvgIpc) is 2.08. The molecule has 0 aromatic carbocycles. The lowest BCUT2D eigenvalue weighted by molar-refractivity contribution is -0.178. The lowest BCUT2D eigenvalue weighted by Gasteiger charge is -2.31. The smallest absolute Gasteiger partial charge is 0.226 e. The quantitative estimate of drug-likeness (QED) is 0.432. The minimum Gasteiger partial charge on any atom is -0.373 e. The van der Waals surface area contributed by atoms with Crippen molar-refractivity contribution in [1.29, 1.82) is 0 Å². The predicted molar refractivity (Wildman–Crippen MR) is 40.8 cm³/mol. The van der Waals surface area contributed by atoms with Gasteiger partial charge in [0.25, 0.3) is 0 Å². The first-order chi connectivity index (χ1) is 5.65. The van der Waals surface area contributed by atoms with Crippen LogP contribution in [0.3, 0.4) is 0 Å². The molecule has 1 rings (SSSR count). The first-order valence-electron chi connectivity index (χ1n) is 3.91. The summed E-state index contributed by atoms with van der Waals surface area (Å²) in [6.07, 6.45) is -0.872. The van der Waals surface area contributed by atoms with Gasteiger partial charge in [-0.2, -0.15) is 0 Å². The van der Waals surface area contributed by atoms with Crippen LogP contribution in [0.5, 0.6) is 0 Å². The van der Waals surface area contributed by atoms with E-state index in [1.54, 1.807) is 13.8 Å². The number of ether oxygens (including phenoxy) is 2. The van der Waals surface area contributed by atoms with Gasteiger partial charge in [0.2, 0.25) is 5.78 Å². The molecule has 1 aliphatic heterocycles. The molecular weight excluding hydrogens is 160 g/mol. The molecule has 4 nitrogen and oxygen atoms in total. The largest absolute Gasteiger partial charge is 0.373 e. The summed E-state index contributed by atoms with van der Waals surface area (Å²) in [5.74, 6) is -0.547. The number of hydrogen-bond donors (Lipinski definition) is 0. The maximum absolute atomic E-state index is 10.9. The molecule has 0 aromatic heterocycles. The van der Waals surface area contributed by atoms with Crippen molar-refractivity contribution < 1.29 is 19.1 Å². The van der Waals surface area contributed by atoms with Gasteiger partial charge in [-0.05, 0) is 13.8 Å². The van der Waals surface area contributed by atoms with Crippen molar-refractivity contribution in [3.05, 3.63) is 0 Å². The predicted octanol–water partition coefficient (Wildman–Crippen LogP) is -0.0532. The summed E-state index contributed by atoms with van der Waals surface area (Å²) in [6.45, 7) is 4.00. The highest BCUT2D eigenvalue weighted by atomic mass is 16.6. The Morgan fingerprint density at radius 3 is 2.75 bits per heavy atom. The van der Waals surface area contributed by atoms with E-state index in [0.29, 0.717) is 6.61 Å². The summed E-state index contributed by atoms with van der Waals surface area (Å²) in [5.41, 5.74) is 0. The van der Waals surface area contributed by atoms with E-state index >= 15 is 0 Å². The van der Waals surface area contributed by atoms with E-state index in [1.807, 2.05) is 0 Å². The van der Waals surface area contributed by atoms with Crippen LogP contribution in [0.25, 0.3) is 0 Å². The topological polar surface area (TPSA) is 52.6 Å². The second-order valence-electron chi connectivity index (χ2n) is 2.93. The van der Waals surface area contributed by atoms with E-state index < -0.39 is 11.9 Å². The summed E-state index contributed by atoms with van der Waals surface area (Å²) in [5, 5.41) is 0. The third-order valence-electron chi connectivity index (χ3n) is 1.80. The molecule has 12 heavy (non-hydrogen) atoms. The van der Waals surface area contributed by atoms with Gasteiger partial charge in [-0.3, -0.25) is 9.59 Å². The Morgan fingerprint density at radius 2 is 2.17 bits per heavy atom. The zero-order valence-electron chi connectivity index (χ0n) is 7.15. The minimum absolute atomic E-state index is 0.116. The molecule has 0 spiro atoms. The van der Waals surface area contributed by atoms with E-state index in [2.05, 4.69) is 0 Å². The molecule has 0 radical (unpaired) electrons. The van der Waals surface area contributed by atoms with Crippen LogP contribution >= 0.6 is 0 Å². The first-order valence-corrected chi connectivity index (χ1v) is 3.91. The van der Waals surface area contributed by atoms with Crippen LogP contribution in [0, 0.1) is 0 Å². The van der Waals surface area contributed by atoms with E-state index in [4.69, 9.17) is 9.47 Å². The molecule has 0 amide bonds. The van der Waals surface area contributed by atoms with Crippen molar-refractivity contribution in [2.45, 2.75) is 32.2 Å². The van der Waals surface area contributed by atoms with Crippen molar-refractivity contribution in [1.82, 2.24) is 0 Å². The van der Waals surface area contributed by atoms with E-state index in [-0.39, 0.29) is 18.5 Å². The molecule has 0 aromatic rings. The van der Waals surface area contributed by atoms with Gasteiger partial charge in [0.1, 0.15) is 6.10 Å². The van der Waals surface area contributed by atoms with Crippen LogP contribution in [0.4, 0.5) is 0 Å². The summed E-state index contributed by atoms with van der Waals surface area (Å²) in [7, 11) is 0. The standard InChI is InChI=1S/C8H12O4/c1-5-4-11-6(2)8(12-5)7(10)3-9/h3,5-6,8H,4H2,1-2H3. The second kappa shape index (κ2) is 3.78. The first kappa shape index (κ1) is 9.35. The molecule has 0 N–H and O–H groups in total. The van der Waals surface area contributed by atoms with Crippen molar-refractivity contribution >= 4 is 12.1 Å². The van der Waals surface area contributed by atoms with E-state index in [1.165, 1.54) is 0 Å². The number of carbonyl (C=O) groups is 2. The fraction of sp³-hybridized carbons (Fsp3) is 0.750. The Hall–Kier alpha value is -0.740. The highest BCUT2D eigenvalue weighted by Gasteiger charge is 2.32. The number of carbonyl (C=O) groups excluding carboxylic acids is 2. The molecule has 0 aliphatic carbocycles.